The quantitative estimate of drug-likeness (QED) is 0.814. The van der Waals surface area contributed by atoms with E-state index in [-0.39, 0.29) is 23.8 Å². The minimum absolute atomic E-state index is 0.00214. The number of hydrogen-bond donors (Lipinski definition) is 2. The lowest BCUT2D eigenvalue weighted by Gasteiger charge is -2.32. The maximum Gasteiger partial charge on any atom is 0.226 e. The van der Waals surface area contributed by atoms with Crippen molar-refractivity contribution in [2.75, 3.05) is 19.8 Å². The molecule has 1 aromatic rings. The molecule has 1 heterocycles. The van der Waals surface area contributed by atoms with E-state index in [1.165, 1.54) is 0 Å². The van der Waals surface area contributed by atoms with Gasteiger partial charge in [0.05, 0.1) is 5.92 Å². The average molecular weight is 305 g/mol. The number of carbonyl (C=O) groups is 1. The van der Waals surface area contributed by atoms with Crippen molar-refractivity contribution in [2.24, 2.45) is 11.3 Å². The molecule has 4 nitrogen and oxygen atoms in total. The van der Waals surface area contributed by atoms with Crippen molar-refractivity contribution < 1.29 is 14.6 Å². The Kier molecular flexibility index (Phi) is 5.83. The maximum atomic E-state index is 12.4. The Bertz CT molecular complexity index is 497. The summed E-state index contributed by atoms with van der Waals surface area (Å²) in [6.07, 6.45) is 3.36. The van der Waals surface area contributed by atoms with Gasteiger partial charge in [-0.2, -0.15) is 0 Å². The van der Waals surface area contributed by atoms with Crippen LogP contribution in [0.4, 0.5) is 0 Å². The van der Waals surface area contributed by atoms with E-state index in [1.54, 1.807) is 0 Å². The van der Waals surface area contributed by atoms with Gasteiger partial charge in [-0.3, -0.25) is 4.79 Å². The van der Waals surface area contributed by atoms with Crippen LogP contribution in [0.3, 0.4) is 0 Å². The second kappa shape index (κ2) is 7.63. The van der Waals surface area contributed by atoms with Crippen molar-refractivity contribution in [3.63, 3.8) is 0 Å². The van der Waals surface area contributed by atoms with Gasteiger partial charge in [-0.1, -0.05) is 32.0 Å². The van der Waals surface area contributed by atoms with Crippen LogP contribution in [0.2, 0.25) is 0 Å². The normalized spacial score (nSPS) is 17.5. The molecule has 1 aromatic carbocycles. The number of rotatable bonds is 7. The van der Waals surface area contributed by atoms with E-state index in [2.05, 4.69) is 19.2 Å². The molecule has 4 heteroatoms. The van der Waals surface area contributed by atoms with E-state index in [4.69, 9.17) is 4.74 Å². The number of benzene rings is 1. The molecule has 0 bridgehead atoms. The van der Waals surface area contributed by atoms with E-state index in [0.717, 1.165) is 37.0 Å². The third kappa shape index (κ3) is 3.80. The van der Waals surface area contributed by atoms with Gasteiger partial charge in [0.15, 0.2) is 0 Å². The van der Waals surface area contributed by atoms with E-state index in [9.17, 15) is 9.90 Å². The summed E-state index contributed by atoms with van der Waals surface area (Å²) in [6, 6.07) is 7.89. The van der Waals surface area contributed by atoms with Crippen molar-refractivity contribution in [1.29, 1.82) is 0 Å². The van der Waals surface area contributed by atoms with Crippen LogP contribution in [0.15, 0.2) is 24.3 Å². The highest BCUT2D eigenvalue weighted by Crippen LogP contribution is 2.30. The number of hydrogen-bond acceptors (Lipinski definition) is 3. The largest absolute Gasteiger partial charge is 0.492 e. The molecule has 0 aliphatic carbocycles. The van der Waals surface area contributed by atoms with Gasteiger partial charge in [0.2, 0.25) is 5.91 Å². The Morgan fingerprint density at radius 3 is 2.77 bits per heavy atom. The standard InChI is InChI=1S/C18H27NO3/c1-3-18(4-2,9-10-20)13-19-17(21)15-11-14-7-5-6-8-16(14)22-12-15/h5-8,15,20H,3-4,9-13H2,1-2H3,(H,19,21). The Morgan fingerprint density at radius 1 is 1.36 bits per heavy atom. The van der Waals surface area contributed by atoms with Crippen LogP contribution in [0.25, 0.3) is 0 Å². The molecule has 2 rings (SSSR count). The molecule has 1 amide bonds. The Hall–Kier alpha value is -1.55. The van der Waals surface area contributed by atoms with Gasteiger partial charge in [0.1, 0.15) is 12.4 Å². The highest BCUT2D eigenvalue weighted by Gasteiger charge is 2.30. The zero-order chi connectivity index (χ0) is 16.0. The van der Waals surface area contributed by atoms with Crippen molar-refractivity contribution in [2.45, 2.75) is 39.5 Å². The zero-order valence-electron chi connectivity index (χ0n) is 13.6. The predicted molar refractivity (Wildman–Crippen MR) is 86.9 cm³/mol. The number of para-hydroxylation sites is 1. The molecule has 22 heavy (non-hydrogen) atoms. The summed E-state index contributed by atoms with van der Waals surface area (Å²) in [5, 5.41) is 12.3. The lowest BCUT2D eigenvalue weighted by atomic mass is 9.79. The lowest BCUT2D eigenvalue weighted by Crippen LogP contribution is -2.43. The Balaban J connectivity index is 1.93. The van der Waals surface area contributed by atoms with E-state index >= 15 is 0 Å². The lowest BCUT2D eigenvalue weighted by molar-refractivity contribution is -0.126. The van der Waals surface area contributed by atoms with Crippen LogP contribution in [0, 0.1) is 11.3 Å². The molecule has 0 spiro atoms. The fraction of sp³-hybridized carbons (Fsp3) is 0.611. The van der Waals surface area contributed by atoms with Crippen LogP contribution in [-0.4, -0.2) is 30.8 Å². The van der Waals surface area contributed by atoms with Gasteiger partial charge >= 0.3 is 0 Å². The summed E-state index contributed by atoms with van der Waals surface area (Å²) in [7, 11) is 0. The topological polar surface area (TPSA) is 58.6 Å². The molecule has 0 saturated heterocycles. The van der Waals surface area contributed by atoms with Gasteiger partial charge in [-0.05, 0) is 42.7 Å². The fourth-order valence-corrected chi connectivity index (χ4v) is 3.09. The molecule has 0 fully saturated rings. The van der Waals surface area contributed by atoms with Crippen LogP contribution >= 0.6 is 0 Å². The minimum Gasteiger partial charge on any atom is -0.492 e. The number of carbonyl (C=O) groups excluding carboxylic acids is 1. The molecule has 122 valence electrons. The highest BCUT2D eigenvalue weighted by atomic mass is 16.5. The molecule has 1 aliphatic rings. The van der Waals surface area contributed by atoms with Gasteiger partial charge in [-0.15, -0.1) is 0 Å². The number of aliphatic hydroxyl groups is 1. The van der Waals surface area contributed by atoms with Gasteiger partial charge < -0.3 is 15.2 Å². The number of amides is 1. The first-order valence-electron chi connectivity index (χ1n) is 8.23. The third-order valence-electron chi connectivity index (χ3n) is 5.03. The van der Waals surface area contributed by atoms with E-state index in [0.29, 0.717) is 13.2 Å². The molecule has 2 N–H and O–H groups in total. The fourth-order valence-electron chi connectivity index (χ4n) is 3.09. The van der Waals surface area contributed by atoms with E-state index in [1.807, 2.05) is 24.3 Å². The second-order valence-corrected chi connectivity index (χ2v) is 6.22. The van der Waals surface area contributed by atoms with Crippen molar-refractivity contribution in [3.8, 4) is 5.75 Å². The summed E-state index contributed by atoms with van der Waals surface area (Å²) >= 11 is 0. The number of nitrogens with one attached hydrogen (secondary N) is 1. The van der Waals surface area contributed by atoms with Gasteiger partial charge in [-0.25, -0.2) is 0 Å². The first-order valence-corrected chi connectivity index (χ1v) is 8.23. The minimum atomic E-state index is -0.129. The molecular formula is C18H27NO3. The summed E-state index contributed by atoms with van der Waals surface area (Å²) in [5.41, 5.74) is 1.10. The molecule has 0 radical (unpaired) electrons. The summed E-state index contributed by atoms with van der Waals surface area (Å²) in [5.74, 6) is 0.817. The smallest absolute Gasteiger partial charge is 0.226 e. The van der Waals surface area contributed by atoms with Crippen LogP contribution < -0.4 is 10.1 Å². The van der Waals surface area contributed by atoms with Crippen molar-refractivity contribution >= 4 is 5.91 Å². The molecule has 1 unspecified atom stereocenters. The first-order chi connectivity index (χ1) is 10.6. The number of ether oxygens (including phenoxy) is 1. The third-order valence-corrected chi connectivity index (χ3v) is 5.03. The predicted octanol–water partition coefficient (Wildman–Crippen LogP) is 2.54. The van der Waals surface area contributed by atoms with E-state index < -0.39 is 0 Å². The summed E-state index contributed by atoms with van der Waals surface area (Å²) < 4.78 is 5.69. The molecular weight excluding hydrogens is 278 g/mol. The molecule has 1 aliphatic heterocycles. The van der Waals surface area contributed by atoms with Crippen LogP contribution in [0.1, 0.15) is 38.7 Å². The first kappa shape index (κ1) is 16.8. The summed E-state index contributed by atoms with van der Waals surface area (Å²) in [6.45, 7) is 5.46. The Morgan fingerprint density at radius 2 is 2.09 bits per heavy atom. The zero-order valence-corrected chi connectivity index (χ0v) is 13.6. The molecule has 0 saturated carbocycles. The SMILES string of the molecule is CCC(CC)(CCO)CNC(=O)C1COc2ccccc2C1. The molecule has 0 aromatic heterocycles. The van der Waals surface area contributed by atoms with Crippen LogP contribution in [0.5, 0.6) is 5.75 Å². The number of aliphatic hydroxyl groups excluding tert-OH is 1. The van der Waals surface area contributed by atoms with Crippen molar-refractivity contribution in [1.82, 2.24) is 5.32 Å². The monoisotopic (exact) mass is 305 g/mol. The summed E-state index contributed by atoms with van der Waals surface area (Å²) in [4.78, 5) is 12.4. The van der Waals surface area contributed by atoms with Crippen molar-refractivity contribution in [3.05, 3.63) is 29.8 Å². The Labute approximate surface area is 132 Å². The number of fused-ring (bicyclic) bond motifs is 1. The molecule has 1 atom stereocenters. The second-order valence-electron chi connectivity index (χ2n) is 6.22. The highest BCUT2D eigenvalue weighted by molar-refractivity contribution is 5.79. The van der Waals surface area contributed by atoms with Gasteiger partial charge in [0.25, 0.3) is 0 Å². The maximum absolute atomic E-state index is 12.4. The van der Waals surface area contributed by atoms with Crippen LogP contribution in [-0.2, 0) is 11.2 Å². The van der Waals surface area contributed by atoms with Gasteiger partial charge in [0, 0.05) is 13.2 Å². The average Bonchev–Trinajstić information content (AvgIpc) is 2.58.